The largest absolute Gasteiger partial charge is 0.312 e. The van der Waals surface area contributed by atoms with E-state index in [2.05, 4.69) is 26.1 Å². The lowest BCUT2D eigenvalue weighted by Gasteiger charge is -2.25. The summed E-state index contributed by atoms with van der Waals surface area (Å²) in [6, 6.07) is 0.186. The molecule has 1 fully saturated rings. The summed E-state index contributed by atoms with van der Waals surface area (Å²) in [5.74, 6) is 0.685. The van der Waals surface area contributed by atoms with E-state index in [0.29, 0.717) is 11.5 Å². The highest BCUT2D eigenvalue weighted by atomic mass is 32.2. The van der Waals surface area contributed by atoms with Crippen LogP contribution in [0.1, 0.15) is 33.6 Å². The fourth-order valence-corrected chi connectivity index (χ4v) is 3.21. The van der Waals surface area contributed by atoms with Crippen LogP contribution in [-0.2, 0) is 9.84 Å². The van der Waals surface area contributed by atoms with Crippen LogP contribution < -0.4 is 5.32 Å². The number of rotatable bonds is 4. The molecule has 1 N–H and O–H groups in total. The van der Waals surface area contributed by atoms with E-state index >= 15 is 0 Å². The molecule has 4 heteroatoms. The van der Waals surface area contributed by atoms with Gasteiger partial charge in [0.1, 0.15) is 0 Å². The summed E-state index contributed by atoms with van der Waals surface area (Å²) < 4.78 is 22.4. The van der Waals surface area contributed by atoms with E-state index in [1.807, 2.05) is 0 Å². The van der Waals surface area contributed by atoms with Crippen molar-refractivity contribution in [2.45, 2.75) is 39.7 Å². The molecule has 0 aromatic carbocycles. The second-order valence-corrected chi connectivity index (χ2v) is 7.23. The lowest BCUT2D eigenvalue weighted by Crippen LogP contribution is -2.37. The fraction of sp³-hybridized carbons (Fsp3) is 1.00. The normalized spacial score (nSPS) is 26.6. The van der Waals surface area contributed by atoms with Crippen molar-refractivity contribution in [3.8, 4) is 0 Å². The molecule has 0 radical (unpaired) electrons. The zero-order valence-corrected chi connectivity index (χ0v) is 10.2. The molecule has 0 aliphatic carbocycles. The third-order valence-corrected chi connectivity index (χ3v) is 4.83. The standard InChI is InChI=1S/C10H21NO2S/c1-4-10(2,3)8-11-9-5-6-14(12,13)7-9/h9,11H,4-8H2,1-3H3. The minimum absolute atomic E-state index is 0.186. The van der Waals surface area contributed by atoms with Gasteiger partial charge in [-0.05, 0) is 18.3 Å². The van der Waals surface area contributed by atoms with Crippen molar-refractivity contribution >= 4 is 9.84 Å². The molecule has 1 saturated heterocycles. The Balaban J connectivity index is 2.34. The molecular formula is C10H21NO2S. The van der Waals surface area contributed by atoms with Crippen LogP contribution in [0.5, 0.6) is 0 Å². The lowest BCUT2D eigenvalue weighted by atomic mass is 9.90. The van der Waals surface area contributed by atoms with E-state index in [1.54, 1.807) is 0 Å². The van der Waals surface area contributed by atoms with Crippen molar-refractivity contribution in [2.75, 3.05) is 18.1 Å². The van der Waals surface area contributed by atoms with Crippen molar-refractivity contribution in [2.24, 2.45) is 5.41 Å². The Morgan fingerprint density at radius 3 is 2.50 bits per heavy atom. The summed E-state index contributed by atoms with van der Waals surface area (Å²) in [7, 11) is -2.73. The molecule has 3 nitrogen and oxygen atoms in total. The van der Waals surface area contributed by atoms with Gasteiger partial charge < -0.3 is 5.32 Å². The predicted molar refractivity (Wildman–Crippen MR) is 59.1 cm³/mol. The number of nitrogens with one attached hydrogen (secondary N) is 1. The van der Waals surface area contributed by atoms with Crippen molar-refractivity contribution in [1.29, 1.82) is 0 Å². The smallest absolute Gasteiger partial charge is 0.151 e. The van der Waals surface area contributed by atoms with Crippen LogP contribution in [0.3, 0.4) is 0 Å². The molecule has 0 aromatic rings. The molecule has 84 valence electrons. The van der Waals surface area contributed by atoms with Crippen LogP contribution in [0, 0.1) is 5.41 Å². The van der Waals surface area contributed by atoms with Crippen LogP contribution in [0.25, 0.3) is 0 Å². The van der Waals surface area contributed by atoms with Crippen LogP contribution in [0.4, 0.5) is 0 Å². The third-order valence-electron chi connectivity index (χ3n) is 3.06. The Labute approximate surface area is 87.2 Å². The van der Waals surface area contributed by atoms with Gasteiger partial charge in [0, 0.05) is 12.6 Å². The van der Waals surface area contributed by atoms with Crippen molar-refractivity contribution in [1.82, 2.24) is 5.32 Å². The molecule has 0 amide bonds. The highest BCUT2D eigenvalue weighted by Crippen LogP contribution is 2.19. The first-order valence-electron chi connectivity index (χ1n) is 5.28. The average Bonchev–Trinajstić information content (AvgIpc) is 2.43. The maximum absolute atomic E-state index is 11.2. The van der Waals surface area contributed by atoms with E-state index in [1.165, 1.54) is 0 Å². The van der Waals surface area contributed by atoms with Gasteiger partial charge >= 0.3 is 0 Å². The molecule has 0 saturated carbocycles. The first kappa shape index (κ1) is 12.0. The minimum Gasteiger partial charge on any atom is -0.312 e. The maximum atomic E-state index is 11.2. The Hall–Kier alpha value is -0.0900. The third kappa shape index (κ3) is 3.58. The highest BCUT2D eigenvalue weighted by molar-refractivity contribution is 7.91. The molecule has 1 aliphatic heterocycles. The molecular weight excluding hydrogens is 198 g/mol. The molecule has 0 aromatic heterocycles. The van der Waals surface area contributed by atoms with E-state index in [0.717, 1.165) is 19.4 Å². The SMILES string of the molecule is CCC(C)(C)CNC1CCS(=O)(=O)C1. The Morgan fingerprint density at radius 2 is 2.07 bits per heavy atom. The summed E-state index contributed by atoms with van der Waals surface area (Å²) in [4.78, 5) is 0. The molecule has 1 aliphatic rings. The Morgan fingerprint density at radius 1 is 1.43 bits per heavy atom. The zero-order chi connectivity index (χ0) is 10.8. The molecule has 1 rings (SSSR count). The van der Waals surface area contributed by atoms with Crippen LogP contribution in [0.2, 0.25) is 0 Å². The van der Waals surface area contributed by atoms with E-state index in [-0.39, 0.29) is 11.5 Å². The Kier molecular flexibility index (Phi) is 3.58. The predicted octanol–water partition coefficient (Wildman–Crippen LogP) is 1.20. The van der Waals surface area contributed by atoms with Gasteiger partial charge in [0.25, 0.3) is 0 Å². The van der Waals surface area contributed by atoms with E-state index < -0.39 is 9.84 Å². The van der Waals surface area contributed by atoms with Gasteiger partial charge in [0.2, 0.25) is 0 Å². The first-order valence-corrected chi connectivity index (χ1v) is 7.10. The number of hydrogen-bond donors (Lipinski definition) is 1. The van der Waals surface area contributed by atoms with Crippen molar-refractivity contribution in [3.63, 3.8) is 0 Å². The van der Waals surface area contributed by atoms with E-state index in [4.69, 9.17) is 0 Å². The molecule has 0 spiro atoms. The molecule has 0 bridgehead atoms. The minimum atomic E-state index is -2.73. The summed E-state index contributed by atoms with van der Waals surface area (Å²) in [5, 5.41) is 3.35. The average molecular weight is 219 g/mol. The van der Waals surface area contributed by atoms with E-state index in [9.17, 15) is 8.42 Å². The van der Waals surface area contributed by atoms with Crippen LogP contribution in [-0.4, -0.2) is 32.5 Å². The number of sulfone groups is 1. The van der Waals surface area contributed by atoms with Gasteiger partial charge in [-0.15, -0.1) is 0 Å². The summed E-state index contributed by atoms with van der Waals surface area (Å²) in [5.41, 5.74) is 0.270. The zero-order valence-electron chi connectivity index (χ0n) is 9.34. The second kappa shape index (κ2) is 4.19. The molecule has 1 atom stereocenters. The summed E-state index contributed by atoms with van der Waals surface area (Å²) in [6.07, 6.45) is 1.89. The second-order valence-electron chi connectivity index (χ2n) is 5.00. The summed E-state index contributed by atoms with van der Waals surface area (Å²) in [6.45, 7) is 7.46. The topological polar surface area (TPSA) is 46.2 Å². The fourth-order valence-electron chi connectivity index (χ4n) is 1.50. The quantitative estimate of drug-likeness (QED) is 0.773. The van der Waals surface area contributed by atoms with Gasteiger partial charge in [-0.3, -0.25) is 0 Å². The monoisotopic (exact) mass is 219 g/mol. The van der Waals surface area contributed by atoms with Gasteiger partial charge in [-0.2, -0.15) is 0 Å². The van der Waals surface area contributed by atoms with Crippen LogP contribution >= 0.6 is 0 Å². The van der Waals surface area contributed by atoms with Crippen molar-refractivity contribution in [3.05, 3.63) is 0 Å². The van der Waals surface area contributed by atoms with Gasteiger partial charge in [0.15, 0.2) is 9.84 Å². The van der Waals surface area contributed by atoms with Crippen LogP contribution in [0.15, 0.2) is 0 Å². The summed E-state index contributed by atoms with van der Waals surface area (Å²) >= 11 is 0. The number of hydrogen-bond acceptors (Lipinski definition) is 3. The molecule has 1 heterocycles. The van der Waals surface area contributed by atoms with Gasteiger partial charge in [0.05, 0.1) is 11.5 Å². The van der Waals surface area contributed by atoms with Gasteiger partial charge in [-0.1, -0.05) is 20.8 Å². The lowest BCUT2D eigenvalue weighted by molar-refractivity contribution is 0.313. The maximum Gasteiger partial charge on any atom is 0.151 e. The first-order chi connectivity index (χ1) is 6.35. The molecule has 1 unspecified atom stereocenters. The highest BCUT2D eigenvalue weighted by Gasteiger charge is 2.28. The van der Waals surface area contributed by atoms with Crippen molar-refractivity contribution < 1.29 is 8.42 Å². The molecule has 14 heavy (non-hydrogen) atoms. The van der Waals surface area contributed by atoms with Gasteiger partial charge in [-0.25, -0.2) is 8.42 Å². The Bertz CT molecular complexity index is 282.